The van der Waals surface area contributed by atoms with Crippen molar-refractivity contribution >= 4 is 28.5 Å². The number of fused-ring (bicyclic) bond motifs is 12. The van der Waals surface area contributed by atoms with E-state index >= 15 is 4.79 Å². The molecule has 4 heteroatoms. The molecule has 3 aliphatic carbocycles. The number of Topliss-reactive ketones (excluding diaryl/α,β-unsaturated/α-hetero) is 1. The van der Waals surface area contributed by atoms with E-state index in [2.05, 4.69) is 86.6 Å². The predicted molar refractivity (Wildman–Crippen MR) is 234 cm³/mol. The molecular weight excluding hydrogens is 725 g/mol. The van der Waals surface area contributed by atoms with Crippen LogP contribution < -0.4 is 0 Å². The summed E-state index contributed by atoms with van der Waals surface area (Å²) in [6.07, 6.45) is 11.4. The Balaban J connectivity index is 1.34. The van der Waals surface area contributed by atoms with Crippen LogP contribution in [0.1, 0.15) is 143 Å². The number of benzene rings is 5. The first kappa shape index (κ1) is 37.6. The molecular formula is C55H50O4. The van der Waals surface area contributed by atoms with E-state index in [0.29, 0.717) is 24.0 Å². The number of hydrogen-bond acceptors (Lipinski definition) is 4. The van der Waals surface area contributed by atoms with Crippen LogP contribution in [0.15, 0.2) is 145 Å². The van der Waals surface area contributed by atoms with Gasteiger partial charge in [-0.1, -0.05) is 174 Å². The Kier molecular flexibility index (Phi) is 9.44. The van der Waals surface area contributed by atoms with Crippen molar-refractivity contribution < 1.29 is 19.1 Å². The molecule has 4 nitrogen and oxygen atoms in total. The highest BCUT2D eigenvalue weighted by atomic mass is 16.5. The van der Waals surface area contributed by atoms with Gasteiger partial charge < -0.3 is 4.74 Å². The third-order valence-electron chi connectivity index (χ3n) is 13.9. The summed E-state index contributed by atoms with van der Waals surface area (Å²) < 4.78 is 7.53. The summed E-state index contributed by atoms with van der Waals surface area (Å²) in [5.41, 5.74) is 10.6. The molecule has 5 aromatic rings. The standard InChI is InChI=1S/C55H50O4/c1-3-5-7-21-31-39-43-41(56)33-34-42(57)44(43)40(32-22-8-6-4-2)46-45(39)51-49-50(52(46)59-51)55(38-29-19-12-20-30-38)48(36-25-15-10-16-26-36)47(35-23-13-9-14-24-35)54(49,53(55)58)37-27-17-11-18-28-37/h9-20,23-30,33-34,51-52H,3-8,21-22,31-32H2,1-2H3. The summed E-state index contributed by atoms with van der Waals surface area (Å²) in [5.74, 6) is -0.0688. The van der Waals surface area contributed by atoms with E-state index in [-0.39, 0.29) is 17.3 Å². The third kappa shape index (κ3) is 5.21. The number of carbonyl (C=O) groups is 3. The number of ketones is 3. The molecule has 4 unspecified atom stereocenters. The average Bonchev–Trinajstić information content (AvgIpc) is 3.99. The molecule has 59 heavy (non-hydrogen) atoms. The highest BCUT2D eigenvalue weighted by Gasteiger charge is 2.77. The molecule has 0 aromatic heterocycles. The smallest absolute Gasteiger partial charge is 0.187 e. The maximum atomic E-state index is 16.8. The summed E-state index contributed by atoms with van der Waals surface area (Å²) >= 11 is 0. The minimum atomic E-state index is -1.19. The normalized spacial score (nSPS) is 23.4. The summed E-state index contributed by atoms with van der Waals surface area (Å²) in [6.45, 7) is 4.42. The van der Waals surface area contributed by atoms with Gasteiger partial charge in [0.15, 0.2) is 17.3 Å². The number of hydrogen-bond donors (Lipinski definition) is 0. The minimum Gasteiger partial charge on any atom is -0.357 e. The van der Waals surface area contributed by atoms with Gasteiger partial charge in [-0.15, -0.1) is 0 Å². The highest BCUT2D eigenvalue weighted by Crippen LogP contribution is 2.79. The fraction of sp³-hybridized carbons (Fsp3) is 0.291. The molecule has 0 radical (unpaired) electrons. The van der Waals surface area contributed by atoms with E-state index in [9.17, 15) is 9.59 Å². The lowest BCUT2D eigenvalue weighted by Gasteiger charge is -2.39. The van der Waals surface area contributed by atoms with Gasteiger partial charge >= 0.3 is 0 Å². The molecule has 5 aromatic carbocycles. The number of rotatable bonds is 14. The van der Waals surface area contributed by atoms with Gasteiger partial charge in [-0.2, -0.15) is 0 Å². The van der Waals surface area contributed by atoms with Crippen molar-refractivity contribution in [1.82, 2.24) is 0 Å². The van der Waals surface area contributed by atoms with Crippen LogP contribution >= 0.6 is 0 Å². The summed E-state index contributed by atoms with van der Waals surface area (Å²) in [6, 6.07) is 41.7. The molecule has 294 valence electrons. The molecule has 2 heterocycles. The van der Waals surface area contributed by atoms with Crippen LogP contribution in [-0.4, -0.2) is 17.3 Å². The van der Waals surface area contributed by atoms with Crippen molar-refractivity contribution in [1.29, 1.82) is 0 Å². The van der Waals surface area contributed by atoms with Gasteiger partial charge in [0.05, 0.1) is 0 Å². The number of carbonyl (C=O) groups excluding carboxylic acids is 3. The van der Waals surface area contributed by atoms with Crippen LogP contribution in [-0.2, 0) is 33.2 Å². The van der Waals surface area contributed by atoms with Crippen LogP contribution in [0.2, 0.25) is 0 Å². The maximum absolute atomic E-state index is 16.8. The van der Waals surface area contributed by atoms with Gasteiger partial charge in [0, 0.05) is 11.1 Å². The van der Waals surface area contributed by atoms with E-state index in [1.807, 2.05) is 48.5 Å². The second kappa shape index (κ2) is 14.8. The third-order valence-corrected chi connectivity index (χ3v) is 13.9. The van der Waals surface area contributed by atoms with E-state index in [1.165, 1.54) is 12.2 Å². The Morgan fingerprint density at radius 1 is 0.475 bits per heavy atom. The quantitative estimate of drug-likeness (QED) is 0.0833. The Morgan fingerprint density at radius 2 is 0.847 bits per heavy atom. The van der Waals surface area contributed by atoms with Gasteiger partial charge in [-0.25, -0.2) is 0 Å². The molecule has 0 N–H and O–H groups in total. The summed E-state index contributed by atoms with van der Waals surface area (Å²) in [4.78, 5) is 45.4. The highest BCUT2D eigenvalue weighted by molar-refractivity contribution is 6.34. The van der Waals surface area contributed by atoms with Crippen LogP contribution in [0.4, 0.5) is 0 Å². The number of unbranched alkanes of at least 4 members (excludes halogenated alkanes) is 6. The van der Waals surface area contributed by atoms with Crippen molar-refractivity contribution in [2.24, 2.45) is 0 Å². The summed E-state index contributed by atoms with van der Waals surface area (Å²) in [7, 11) is 0. The Hall–Kier alpha value is -5.71. The number of ether oxygens (including phenoxy) is 1. The van der Waals surface area contributed by atoms with E-state index in [4.69, 9.17) is 4.74 Å². The molecule has 0 amide bonds. The topological polar surface area (TPSA) is 60.4 Å². The van der Waals surface area contributed by atoms with Gasteiger partial charge in [-0.05, 0) is 105 Å². The molecule has 10 rings (SSSR count). The van der Waals surface area contributed by atoms with Gasteiger partial charge in [0.2, 0.25) is 0 Å². The van der Waals surface area contributed by atoms with Crippen molar-refractivity contribution in [3.63, 3.8) is 0 Å². The van der Waals surface area contributed by atoms with E-state index in [1.54, 1.807) is 0 Å². The second-order valence-electron chi connectivity index (χ2n) is 17.0. The van der Waals surface area contributed by atoms with Gasteiger partial charge in [0.1, 0.15) is 23.0 Å². The fourth-order valence-corrected chi connectivity index (χ4v) is 11.7. The maximum Gasteiger partial charge on any atom is 0.187 e. The first-order valence-electron chi connectivity index (χ1n) is 21.9. The van der Waals surface area contributed by atoms with Gasteiger partial charge in [0.25, 0.3) is 0 Å². The molecule has 4 atom stereocenters. The van der Waals surface area contributed by atoms with Crippen LogP contribution in [0.3, 0.4) is 0 Å². The SMILES string of the molecule is CCCCCCc1c2c(c(CCCCCC)c3c1C1OC3C3=C1C1(c4ccccc4)C(=O)C3(c3ccccc3)C(c3ccccc3)=C1c1ccccc1)C(=O)C=CC2=O. The second-order valence-corrected chi connectivity index (χ2v) is 17.0. The Morgan fingerprint density at radius 3 is 1.22 bits per heavy atom. The van der Waals surface area contributed by atoms with E-state index < -0.39 is 23.0 Å². The lowest BCUT2D eigenvalue weighted by atomic mass is 9.60. The number of allylic oxidation sites excluding steroid dienone is 4. The monoisotopic (exact) mass is 774 g/mol. The average molecular weight is 775 g/mol. The minimum absolute atomic E-state index is 0.0986. The van der Waals surface area contributed by atoms with Crippen LogP contribution in [0.25, 0.3) is 11.1 Å². The van der Waals surface area contributed by atoms with E-state index in [0.717, 1.165) is 118 Å². The first-order chi connectivity index (χ1) is 29.0. The fourth-order valence-electron chi connectivity index (χ4n) is 11.7. The molecule has 0 spiro atoms. The van der Waals surface area contributed by atoms with Crippen LogP contribution in [0, 0.1) is 0 Å². The molecule has 5 aliphatic rings. The lowest BCUT2D eigenvalue weighted by molar-refractivity contribution is -0.123. The zero-order chi connectivity index (χ0) is 40.3. The van der Waals surface area contributed by atoms with Crippen molar-refractivity contribution in [3.8, 4) is 0 Å². The van der Waals surface area contributed by atoms with Crippen LogP contribution in [0.5, 0.6) is 0 Å². The largest absolute Gasteiger partial charge is 0.357 e. The molecule has 4 bridgehead atoms. The van der Waals surface area contributed by atoms with Crippen molar-refractivity contribution in [3.05, 3.63) is 200 Å². The zero-order valence-electron chi connectivity index (χ0n) is 34.1. The van der Waals surface area contributed by atoms with Crippen molar-refractivity contribution in [2.75, 3.05) is 0 Å². The predicted octanol–water partition coefficient (Wildman–Crippen LogP) is 12.4. The molecule has 2 aliphatic heterocycles. The van der Waals surface area contributed by atoms with Gasteiger partial charge in [-0.3, -0.25) is 14.4 Å². The zero-order valence-corrected chi connectivity index (χ0v) is 34.1. The lowest BCUT2D eigenvalue weighted by Crippen LogP contribution is -2.40. The molecule has 0 saturated heterocycles. The summed E-state index contributed by atoms with van der Waals surface area (Å²) in [5, 5.41) is 0. The van der Waals surface area contributed by atoms with Crippen molar-refractivity contribution in [2.45, 2.75) is 101 Å². The Labute approximate surface area is 347 Å². The Bertz CT molecular complexity index is 2420. The molecule has 0 saturated carbocycles. The molecule has 0 fully saturated rings. The first-order valence-corrected chi connectivity index (χ1v) is 21.9.